The van der Waals surface area contributed by atoms with Crippen molar-refractivity contribution in [3.8, 4) is 0 Å². The van der Waals surface area contributed by atoms with Crippen molar-refractivity contribution in [2.45, 2.75) is 19.9 Å². The fourth-order valence-corrected chi connectivity index (χ4v) is 4.65. The van der Waals surface area contributed by atoms with E-state index in [4.69, 9.17) is 5.11 Å². The molecule has 1 N–H and O–H groups in total. The summed E-state index contributed by atoms with van der Waals surface area (Å²) in [5.41, 5.74) is 1.68. The van der Waals surface area contributed by atoms with Gasteiger partial charge in [0.05, 0.1) is 0 Å². The van der Waals surface area contributed by atoms with Gasteiger partial charge < -0.3 is 0 Å². The molecule has 82 valence electrons. The van der Waals surface area contributed by atoms with Gasteiger partial charge in [-0.25, -0.2) is 0 Å². The maximum atomic E-state index is 11.1. The second-order valence-electron chi connectivity index (χ2n) is 3.67. The Labute approximate surface area is 102 Å². The van der Waals surface area contributed by atoms with Gasteiger partial charge in [-0.15, -0.1) is 0 Å². The van der Waals surface area contributed by atoms with Crippen molar-refractivity contribution in [1.29, 1.82) is 0 Å². The number of likely N-dealkylation sites (N-methyl/N-ethyl adjacent to an activating group) is 1. The zero-order valence-corrected chi connectivity index (χ0v) is 11.9. The Morgan fingerprint density at radius 2 is 2.40 bits per heavy atom. The van der Waals surface area contributed by atoms with Gasteiger partial charge >= 0.3 is 102 Å². The number of carbonyl (C=O) groups is 1. The molecule has 1 unspecified atom stereocenters. The normalized spacial score (nSPS) is 16.4. The molecular weight excluding hydrogens is 273 g/mol. The van der Waals surface area contributed by atoms with Gasteiger partial charge in [0.15, 0.2) is 0 Å². The molecule has 0 saturated carbocycles. The van der Waals surface area contributed by atoms with Crippen LogP contribution in [0.1, 0.15) is 27.7 Å². The van der Waals surface area contributed by atoms with E-state index in [-0.39, 0.29) is 0 Å². The topological polar surface area (TPSA) is 40.5 Å². The fraction of sp³-hybridized carbons (Fsp3) is 0.500. The molecule has 0 radical (unpaired) electrons. The van der Waals surface area contributed by atoms with Crippen molar-refractivity contribution in [3.63, 3.8) is 0 Å². The number of hydrogen-bond acceptors (Lipinski definition) is 3. The van der Waals surface area contributed by atoms with Crippen molar-refractivity contribution in [2.75, 3.05) is 13.1 Å². The Balaban J connectivity index is 2.39. The molecule has 5 heteroatoms. The number of hydrogen-bond donors (Lipinski definition) is 1. The van der Waals surface area contributed by atoms with Gasteiger partial charge in [-0.05, 0) is 0 Å². The molecule has 1 aliphatic heterocycles. The summed E-state index contributed by atoms with van der Waals surface area (Å²) in [6.07, 6.45) is 0.894. The summed E-state index contributed by atoms with van der Waals surface area (Å²) < 4.78 is 1.01. The van der Waals surface area contributed by atoms with Gasteiger partial charge in [0.1, 0.15) is 0 Å². The van der Waals surface area contributed by atoms with Crippen LogP contribution in [0.2, 0.25) is 0 Å². The quantitative estimate of drug-likeness (QED) is 0.783. The van der Waals surface area contributed by atoms with Crippen LogP contribution in [-0.2, 0) is 13.0 Å². The number of rotatable bonds is 2. The molecule has 15 heavy (non-hydrogen) atoms. The van der Waals surface area contributed by atoms with Crippen molar-refractivity contribution in [2.24, 2.45) is 0 Å². The number of fused-ring (bicyclic) bond motifs is 1. The first-order chi connectivity index (χ1) is 7.13. The third-order valence-electron chi connectivity index (χ3n) is 2.82. The molecule has 3 nitrogen and oxygen atoms in total. The Morgan fingerprint density at radius 3 is 3.00 bits per heavy atom. The SMILES string of the molecule is CCN1CCc2c(sc([AsH2])c2C(=O)O)C1. The second kappa shape index (κ2) is 4.28. The van der Waals surface area contributed by atoms with Gasteiger partial charge in [-0.2, -0.15) is 0 Å². The van der Waals surface area contributed by atoms with Gasteiger partial charge in [0, 0.05) is 0 Å². The summed E-state index contributed by atoms with van der Waals surface area (Å²) >= 11 is 3.10. The molecule has 1 aliphatic rings. The van der Waals surface area contributed by atoms with Crippen LogP contribution in [0.5, 0.6) is 0 Å². The van der Waals surface area contributed by atoms with E-state index in [0.29, 0.717) is 5.56 Å². The average Bonchev–Trinajstić information content (AvgIpc) is 2.52. The summed E-state index contributed by atoms with van der Waals surface area (Å²) in [5, 5.41) is 9.14. The summed E-state index contributed by atoms with van der Waals surface area (Å²) in [4.78, 5) is 14.7. The molecule has 0 amide bonds. The molecule has 1 aromatic rings. The van der Waals surface area contributed by atoms with E-state index in [9.17, 15) is 4.79 Å². The molecule has 1 aromatic heterocycles. The summed E-state index contributed by atoms with van der Waals surface area (Å²) in [6, 6.07) is 0. The fourth-order valence-electron chi connectivity index (χ4n) is 1.98. The first-order valence-electron chi connectivity index (χ1n) is 4.99. The molecule has 2 rings (SSSR count). The minimum atomic E-state index is -0.753. The van der Waals surface area contributed by atoms with Crippen molar-refractivity contribution >= 4 is 37.8 Å². The number of carboxylic acids is 1. The summed E-state index contributed by atoms with van der Waals surface area (Å²) in [6.45, 7) is 5.12. The van der Waals surface area contributed by atoms with Gasteiger partial charge in [-0.1, -0.05) is 0 Å². The summed E-state index contributed by atoms with van der Waals surface area (Å²) in [7, 11) is 0. The van der Waals surface area contributed by atoms with Crippen molar-refractivity contribution < 1.29 is 9.90 Å². The predicted octanol–water partition coefficient (Wildman–Crippen LogP) is 0.0827. The third kappa shape index (κ3) is 1.99. The Bertz CT molecular complexity index is 402. The molecule has 0 bridgehead atoms. The number of carboxylic acid groups (broad SMARTS) is 1. The Morgan fingerprint density at radius 1 is 1.67 bits per heavy atom. The zero-order valence-electron chi connectivity index (χ0n) is 8.62. The van der Waals surface area contributed by atoms with Gasteiger partial charge in [0.2, 0.25) is 0 Å². The first-order valence-corrected chi connectivity index (χ1v) is 7.02. The molecule has 0 fully saturated rings. The molecule has 0 saturated heterocycles. The van der Waals surface area contributed by atoms with E-state index in [2.05, 4.69) is 11.8 Å². The summed E-state index contributed by atoms with van der Waals surface area (Å²) in [5.74, 6) is -0.753. The minimum absolute atomic E-state index is 0.589. The molecule has 1 atom stereocenters. The average molecular weight is 287 g/mol. The van der Waals surface area contributed by atoms with Crippen LogP contribution in [0.15, 0.2) is 0 Å². The van der Waals surface area contributed by atoms with Gasteiger partial charge in [0.25, 0.3) is 0 Å². The molecule has 0 spiro atoms. The van der Waals surface area contributed by atoms with E-state index in [1.54, 1.807) is 11.3 Å². The van der Waals surface area contributed by atoms with Gasteiger partial charge in [-0.3, -0.25) is 0 Å². The zero-order chi connectivity index (χ0) is 11.0. The standard InChI is InChI=1S/C10H14AsNO2S/c1-2-12-4-3-6-7(5-12)15-9(11)8(6)10(13)14/h2-5,11H2,1H3,(H,13,14). The van der Waals surface area contributed by atoms with E-state index < -0.39 is 5.97 Å². The maximum absolute atomic E-state index is 11.1. The number of thiophene rings is 1. The first kappa shape index (κ1) is 11.2. The Kier molecular flexibility index (Phi) is 3.19. The van der Waals surface area contributed by atoms with Crippen LogP contribution in [0.3, 0.4) is 0 Å². The van der Waals surface area contributed by atoms with E-state index >= 15 is 0 Å². The predicted molar refractivity (Wildman–Crippen MR) is 64.1 cm³/mol. The molecular formula is C10H14AsNO2S. The van der Waals surface area contributed by atoms with Crippen LogP contribution in [-0.4, -0.2) is 45.9 Å². The monoisotopic (exact) mass is 287 g/mol. The third-order valence-corrected chi connectivity index (χ3v) is 5.22. The Hall–Kier alpha value is -0.312. The molecule has 0 aromatic carbocycles. The van der Waals surface area contributed by atoms with Crippen LogP contribution in [0, 0.1) is 0 Å². The van der Waals surface area contributed by atoms with E-state index in [1.807, 2.05) is 0 Å². The van der Waals surface area contributed by atoms with E-state index in [1.165, 1.54) is 21.7 Å². The number of nitrogens with zero attached hydrogens (tertiary/aromatic N) is 1. The number of aromatic carboxylic acids is 1. The van der Waals surface area contributed by atoms with Crippen LogP contribution < -0.4 is 3.66 Å². The van der Waals surface area contributed by atoms with Crippen LogP contribution in [0.25, 0.3) is 0 Å². The van der Waals surface area contributed by atoms with Crippen LogP contribution in [0.4, 0.5) is 0 Å². The van der Waals surface area contributed by atoms with Crippen LogP contribution >= 0.6 is 11.3 Å². The molecule has 2 heterocycles. The molecule has 0 aliphatic carbocycles. The van der Waals surface area contributed by atoms with E-state index in [0.717, 1.165) is 35.3 Å². The van der Waals surface area contributed by atoms with Crippen molar-refractivity contribution in [1.82, 2.24) is 4.90 Å². The van der Waals surface area contributed by atoms with Crippen molar-refractivity contribution in [3.05, 3.63) is 16.0 Å². The second-order valence-corrected chi connectivity index (χ2v) is 6.89.